The van der Waals surface area contributed by atoms with Gasteiger partial charge in [0.25, 0.3) is 11.8 Å². The first-order valence-corrected chi connectivity index (χ1v) is 10.4. The van der Waals surface area contributed by atoms with Crippen molar-refractivity contribution >= 4 is 11.8 Å². The third-order valence-corrected chi connectivity index (χ3v) is 4.68. The van der Waals surface area contributed by atoms with Crippen LogP contribution in [0.25, 0.3) is 0 Å². The third-order valence-electron chi connectivity index (χ3n) is 4.68. The number of aliphatic hydroxyl groups is 2. The molecule has 0 aliphatic carbocycles. The summed E-state index contributed by atoms with van der Waals surface area (Å²) in [6.45, 7) is 2.20. The molecule has 0 aliphatic heterocycles. The zero-order chi connectivity index (χ0) is 21.6. The summed E-state index contributed by atoms with van der Waals surface area (Å²) in [6, 6.07) is 7.16. The van der Waals surface area contributed by atoms with E-state index in [1.165, 1.54) is 0 Å². The lowest BCUT2D eigenvalue weighted by Crippen LogP contribution is -2.34. The number of unbranched alkanes of at least 4 members (excludes halogenated alkanes) is 3. The number of carbonyl (C=O) groups is 2. The van der Waals surface area contributed by atoms with Crippen molar-refractivity contribution in [2.24, 2.45) is 0 Å². The Morgan fingerprint density at radius 3 is 1.37 bits per heavy atom. The van der Waals surface area contributed by atoms with E-state index in [1.807, 2.05) is 24.8 Å². The van der Waals surface area contributed by atoms with Gasteiger partial charge in [0.2, 0.25) is 0 Å². The molecule has 2 heterocycles. The molecule has 0 unspecified atom stereocenters. The summed E-state index contributed by atoms with van der Waals surface area (Å²) >= 11 is 0. The number of pyridine rings is 2. The zero-order valence-electron chi connectivity index (χ0n) is 17.3. The highest BCUT2D eigenvalue weighted by Gasteiger charge is 2.09. The number of aliphatic hydroxyl groups excluding tert-OH is 2. The highest BCUT2D eigenvalue weighted by atomic mass is 16.3. The van der Waals surface area contributed by atoms with Crippen LogP contribution >= 0.6 is 0 Å². The normalized spacial score (nSPS) is 10.6. The van der Waals surface area contributed by atoms with Crippen LogP contribution in [0.5, 0.6) is 0 Å². The number of aromatic nitrogens is 2. The van der Waals surface area contributed by atoms with E-state index in [-0.39, 0.29) is 38.1 Å². The standard InChI is InChI=1S/C22H30N4O4/c27-17-9-23-21(29)19-5-13-25(14-6-19)11-3-1-2-4-12-26-15-7-20(8-16-26)22(30)24-10-18-28/h5-8,13-16,27-28H,1-4,9-12,17-18H2/p+2. The molecule has 0 bridgehead atoms. The van der Waals surface area contributed by atoms with Crippen LogP contribution in [0.1, 0.15) is 46.4 Å². The maximum atomic E-state index is 11.8. The van der Waals surface area contributed by atoms with Crippen molar-refractivity contribution in [3.63, 3.8) is 0 Å². The van der Waals surface area contributed by atoms with Crippen LogP contribution in [0, 0.1) is 0 Å². The van der Waals surface area contributed by atoms with Gasteiger partial charge in [-0.05, 0) is 12.8 Å². The number of nitrogens with zero attached hydrogens (tertiary/aromatic N) is 2. The summed E-state index contributed by atoms with van der Waals surface area (Å²) in [5.41, 5.74) is 1.18. The Morgan fingerprint density at radius 1 is 0.667 bits per heavy atom. The Labute approximate surface area is 177 Å². The van der Waals surface area contributed by atoms with Gasteiger partial charge >= 0.3 is 0 Å². The van der Waals surface area contributed by atoms with Crippen LogP contribution < -0.4 is 19.8 Å². The minimum absolute atomic E-state index is 0.0645. The van der Waals surface area contributed by atoms with E-state index in [0.717, 1.165) is 38.8 Å². The summed E-state index contributed by atoms with van der Waals surface area (Å²) in [4.78, 5) is 23.6. The van der Waals surface area contributed by atoms with Crippen LogP contribution in [0.3, 0.4) is 0 Å². The van der Waals surface area contributed by atoms with Crippen molar-refractivity contribution in [1.82, 2.24) is 10.6 Å². The number of hydrogen-bond acceptors (Lipinski definition) is 4. The van der Waals surface area contributed by atoms with Gasteiger partial charge < -0.3 is 20.8 Å². The summed E-state index contributed by atoms with van der Waals surface area (Å²) in [5, 5.41) is 22.8. The van der Waals surface area contributed by atoms with Crippen molar-refractivity contribution in [3.8, 4) is 0 Å². The van der Waals surface area contributed by atoms with Crippen LogP contribution in [0.2, 0.25) is 0 Å². The number of hydrogen-bond donors (Lipinski definition) is 4. The molecule has 0 spiro atoms. The van der Waals surface area contributed by atoms with E-state index in [4.69, 9.17) is 10.2 Å². The number of rotatable bonds is 13. The Kier molecular flexibility index (Phi) is 10.5. The predicted molar refractivity (Wildman–Crippen MR) is 111 cm³/mol. The summed E-state index contributed by atoms with van der Waals surface area (Å²) in [6.07, 6.45) is 12.0. The van der Waals surface area contributed by atoms with Crippen molar-refractivity contribution in [2.45, 2.75) is 38.8 Å². The Hall–Kier alpha value is -2.84. The van der Waals surface area contributed by atoms with Gasteiger partial charge in [-0.3, -0.25) is 9.59 Å². The molecule has 0 aromatic carbocycles. The first kappa shape index (κ1) is 23.4. The molecule has 0 radical (unpaired) electrons. The molecular weight excluding hydrogens is 384 g/mol. The molecule has 0 saturated heterocycles. The third kappa shape index (κ3) is 8.26. The minimum Gasteiger partial charge on any atom is -0.395 e. The second kappa shape index (κ2) is 13.4. The summed E-state index contributed by atoms with van der Waals surface area (Å²) < 4.78 is 4.14. The number of nitrogens with one attached hydrogen (secondary N) is 2. The smallest absolute Gasteiger partial charge is 0.251 e. The molecule has 2 rings (SSSR count). The number of amides is 2. The van der Waals surface area contributed by atoms with Gasteiger partial charge in [-0.1, -0.05) is 0 Å². The first-order valence-electron chi connectivity index (χ1n) is 10.4. The van der Waals surface area contributed by atoms with Crippen LogP contribution in [0.4, 0.5) is 0 Å². The zero-order valence-corrected chi connectivity index (χ0v) is 17.3. The SMILES string of the molecule is O=C(NCCO)c1cc[n+](CCCCCC[n+]2ccc(C(=O)NCCO)cc2)cc1. The largest absolute Gasteiger partial charge is 0.395 e. The topological polar surface area (TPSA) is 106 Å². The van der Waals surface area contributed by atoms with E-state index in [2.05, 4.69) is 19.8 Å². The molecule has 0 atom stereocenters. The van der Waals surface area contributed by atoms with Gasteiger partial charge in [0.1, 0.15) is 13.1 Å². The van der Waals surface area contributed by atoms with E-state index in [0.29, 0.717) is 11.1 Å². The summed E-state index contributed by atoms with van der Waals surface area (Å²) in [7, 11) is 0. The van der Waals surface area contributed by atoms with Gasteiger partial charge in [-0.25, -0.2) is 9.13 Å². The summed E-state index contributed by atoms with van der Waals surface area (Å²) in [5.74, 6) is -0.347. The Balaban J connectivity index is 1.61. The number of carbonyl (C=O) groups excluding carboxylic acids is 2. The average molecular weight is 417 g/mol. The van der Waals surface area contributed by atoms with Gasteiger partial charge in [-0.15, -0.1) is 0 Å². The van der Waals surface area contributed by atoms with E-state index < -0.39 is 0 Å². The van der Waals surface area contributed by atoms with Gasteiger partial charge in [0.15, 0.2) is 24.8 Å². The maximum absolute atomic E-state index is 11.8. The van der Waals surface area contributed by atoms with E-state index in [9.17, 15) is 9.59 Å². The van der Waals surface area contributed by atoms with Crippen LogP contribution in [0.15, 0.2) is 49.1 Å². The fourth-order valence-electron chi connectivity index (χ4n) is 3.00. The molecule has 2 aromatic heterocycles. The highest BCUT2D eigenvalue weighted by molar-refractivity contribution is 5.94. The van der Waals surface area contributed by atoms with Crippen LogP contribution in [-0.2, 0) is 13.1 Å². The molecule has 2 amide bonds. The molecule has 4 N–H and O–H groups in total. The Bertz CT molecular complexity index is 711. The lowest BCUT2D eigenvalue weighted by molar-refractivity contribution is -0.698. The van der Waals surface area contributed by atoms with Crippen molar-refractivity contribution in [3.05, 3.63) is 60.2 Å². The van der Waals surface area contributed by atoms with Crippen molar-refractivity contribution < 1.29 is 28.9 Å². The molecule has 0 fully saturated rings. The van der Waals surface area contributed by atoms with Gasteiger partial charge in [0, 0.05) is 50.2 Å². The second-order valence-corrected chi connectivity index (χ2v) is 7.02. The molecule has 8 heteroatoms. The van der Waals surface area contributed by atoms with E-state index in [1.54, 1.807) is 24.3 Å². The fourth-order valence-corrected chi connectivity index (χ4v) is 3.00. The number of aryl methyl sites for hydroxylation is 2. The molecule has 0 aliphatic rings. The van der Waals surface area contributed by atoms with Crippen LogP contribution in [-0.4, -0.2) is 48.3 Å². The highest BCUT2D eigenvalue weighted by Crippen LogP contribution is 2.02. The molecule has 162 valence electrons. The molecule has 8 nitrogen and oxygen atoms in total. The monoisotopic (exact) mass is 416 g/mol. The maximum Gasteiger partial charge on any atom is 0.251 e. The molecular formula is C22H32N4O4+2. The quantitative estimate of drug-likeness (QED) is 0.272. The lowest BCUT2D eigenvalue weighted by atomic mass is 10.2. The fraction of sp³-hybridized carbons (Fsp3) is 0.455. The van der Waals surface area contributed by atoms with Crippen molar-refractivity contribution in [2.75, 3.05) is 26.3 Å². The van der Waals surface area contributed by atoms with E-state index >= 15 is 0 Å². The minimum atomic E-state index is -0.174. The average Bonchev–Trinajstić information content (AvgIpc) is 2.78. The van der Waals surface area contributed by atoms with Gasteiger partial charge in [-0.2, -0.15) is 0 Å². The first-order chi connectivity index (χ1) is 14.6. The Morgan fingerprint density at radius 2 is 1.03 bits per heavy atom. The lowest BCUT2D eigenvalue weighted by Gasteiger charge is -2.03. The molecule has 30 heavy (non-hydrogen) atoms. The predicted octanol–water partition coefficient (Wildman–Crippen LogP) is -0.0336. The molecule has 0 saturated carbocycles. The van der Waals surface area contributed by atoms with Gasteiger partial charge in [0.05, 0.1) is 24.3 Å². The van der Waals surface area contributed by atoms with Crippen molar-refractivity contribution in [1.29, 1.82) is 0 Å². The second-order valence-electron chi connectivity index (χ2n) is 7.02. The molecule has 2 aromatic rings.